The van der Waals surface area contributed by atoms with Gasteiger partial charge in [-0.25, -0.2) is 9.97 Å². The summed E-state index contributed by atoms with van der Waals surface area (Å²) in [6.45, 7) is -0.109. The smallest absolute Gasteiger partial charge is 0.280 e. The topological polar surface area (TPSA) is 149 Å². The van der Waals surface area contributed by atoms with Crippen LogP contribution in [0.15, 0.2) is 139 Å². The molecule has 13 heteroatoms. The summed E-state index contributed by atoms with van der Waals surface area (Å²) in [6.07, 6.45) is 1.38. The molecule has 0 saturated carbocycles. The number of carbonyl (C=O) groups excluding carboxylic acids is 3. The second-order valence-electron chi connectivity index (χ2n) is 11.8. The lowest BCUT2D eigenvalue weighted by atomic mass is 9.98. The Kier molecular flexibility index (Phi) is 10.3. The maximum Gasteiger partial charge on any atom is 0.280 e. The van der Waals surface area contributed by atoms with E-state index in [4.69, 9.17) is 16.7 Å². The SMILES string of the molecule is O=C(Cn1c(-c2cc(NCc3ccc(Cl)s3)n(C(=O)c3cccc(C(O)C(=O)c4ccccc4)c3)n2)c(-c2ccccc2)ccc1=O)c1ncccn1. The van der Waals surface area contributed by atoms with Crippen LogP contribution in [0.4, 0.5) is 5.82 Å². The van der Waals surface area contributed by atoms with Crippen LogP contribution >= 0.6 is 22.9 Å². The molecule has 0 aliphatic rings. The van der Waals surface area contributed by atoms with Crippen LogP contribution in [0.1, 0.15) is 47.9 Å². The highest BCUT2D eigenvalue weighted by atomic mass is 35.5. The fourth-order valence-corrected chi connectivity index (χ4v) is 6.83. The number of aromatic nitrogens is 5. The molecule has 1 atom stereocenters. The van der Waals surface area contributed by atoms with Crippen molar-refractivity contribution >= 4 is 46.2 Å². The van der Waals surface area contributed by atoms with E-state index in [1.165, 1.54) is 40.4 Å². The lowest BCUT2D eigenvalue weighted by molar-refractivity contribution is 0.0746. The molecule has 0 amide bonds. The molecule has 0 fully saturated rings. The van der Waals surface area contributed by atoms with Crippen molar-refractivity contribution in [2.75, 3.05) is 5.32 Å². The van der Waals surface area contributed by atoms with E-state index in [9.17, 15) is 24.3 Å². The van der Waals surface area contributed by atoms with Gasteiger partial charge in [-0.3, -0.25) is 23.7 Å². The van der Waals surface area contributed by atoms with Crippen LogP contribution in [0.3, 0.4) is 0 Å². The fourth-order valence-electron chi connectivity index (χ4n) is 5.80. The highest BCUT2D eigenvalue weighted by Gasteiger charge is 2.25. The summed E-state index contributed by atoms with van der Waals surface area (Å²) >= 11 is 7.56. The molecular formula is C40H29ClN6O5S. The molecule has 7 rings (SSSR count). The first-order valence-electron chi connectivity index (χ1n) is 16.4. The van der Waals surface area contributed by atoms with Gasteiger partial charge in [-0.05, 0) is 47.5 Å². The zero-order chi connectivity index (χ0) is 36.9. The fraction of sp³-hybridized carbons (Fsp3) is 0.0750. The molecule has 4 aromatic heterocycles. The Morgan fingerprint density at radius 2 is 1.53 bits per heavy atom. The Balaban J connectivity index is 1.34. The molecule has 4 heterocycles. The van der Waals surface area contributed by atoms with Crippen molar-refractivity contribution in [3.63, 3.8) is 0 Å². The van der Waals surface area contributed by atoms with Crippen molar-refractivity contribution < 1.29 is 19.5 Å². The van der Waals surface area contributed by atoms with Crippen LogP contribution < -0.4 is 10.9 Å². The number of pyridine rings is 1. The van der Waals surface area contributed by atoms with E-state index in [0.29, 0.717) is 21.2 Å². The predicted octanol–water partition coefficient (Wildman–Crippen LogP) is 6.98. The van der Waals surface area contributed by atoms with E-state index in [-0.39, 0.29) is 35.0 Å². The molecule has 0 spiro atoms. The summed E-state index contributed by atoms with van der Waals surface area (Å²) in [4.78, 5) is 63.4. The highest BCUT2D eigenvalue weighted by molar-refractivity contribution is 7.16. The van der Waals surface area contributed by atoms with Crippen molar-refractivity contribution in [3.05, 3.63) is 176 Å². The van der Waals surface area contributed by atoms with Crippen molar-refractivity contribution in [3.8, 4) is 22.5 Å². The van der Waals surface area contributed by atoms with E-state index < -0.39 is 35.7 Å². The standard InChI is InChI=1S/C40H29ClN6O5S/c41-33-17-15-29(53-33)23-44-34-22-31(45-47(34)40(52)28-14-7-13-27(21-28)38(51)37(50)26-11-5-2-6-12-26)36-30(25-9-3-1-4-10-25)16-18-35(49)46(36)24-32(48)39-42-19-8-20-43-39/h1-22,38,44,51H,23-24H2. The minimum absolute atomic E-state index is 0.0547. The average molecular weight is 741 g/mol. The summed E-state index contributed by atoms with van der Waals surface area (Å²) < 4.78 is 3.06. The number of rotatable bonds is 12. The number of halogens is 1. The van der Waals surface area contributed by atoms with Gasteiger partial charge in [-0.15, -0.1) is 11.3 Å². The number of nitrogens with one attached hydrogen (secondary N) is 1. The van der Waals surface area contributed by atoms with Crippen molar-refractivity contribution in [2.45, 2.75) is 19.2 Å². The van der Waals surface area contributed by atoms with E-state index in [1.54, 1.807) is 72.8 Å². The van der Waals surface area contributed by atoms with Crippen LogP contribution in [0.5, 0.6) is 0 Å². The van der Waals surface area contributed by atoms with E-state index in [1.807, 2.05) is 36.4 Å². The van der Waals surface area contributed by atoms with Gasteiger partial charge in [0.2, 0.25) is 5.78 Å². The van der Waals surface area contributed by atoms with Gasteiger partial charge in [-0.2, -0.15) is 9.78 Å². The normalized spacial score (nSPS) is 11.6. The number of anilines is 1. The molecule has 11 nitrogen and oxygen atoms in total. The summed E-state index contributed by atoms with van der Waals surface area (Å²) in [7, 11) is 0. The molecule has 0 aliphatic heterocycles. The van der Waals surface area contributed by atoms with E-state index >= 15 is 0 Å². The number of nitrogens with zero attached hydrogens (tertiary/aromatic N) is 5. The number of hydrogen-bond acceptors (Lipinski definition) is 10. The van der Waals surface area contributed by atoms with Gasteiger partial charge in [0, 0.05) is 46.1 Å². The first kappa shape index (κ1) is 35.1. The lowest BCUT2D eigenvalue weighted by Crippen LogP contribution is -2.26. The minimum Gasteiger partial charge on any atom is -0.380 e. The molecule has 53 heavy (non-hydrogen) atoms. The van der Waals surface area contributed by atoms with Crippen molar-refractivity contribution in [1.29, 1.82) is 0 Å². The van der Waals surface area contributed by atoms with Crippen LogP contribution in [0.2, 0.25) is 4.34 Å². The Morgan fingerprint density at radius 3 is 2.25 bits per heavy atom. The van der Waals surface area contributed by atoms with Gasteiger partial charge in [0.05, 0.1) is 23.1 Å². The molecule has 3 aromatic carbocycles. The number of ketones is 2. The van der Waals surface area contributed by atoms with Crippen LogP contribution in [-0.2, 0) is 13.1 Å². The van der Waals surface area contributed by atoms with E-state index in [0.717, 1.165) is 15.1 Å². The number of Topliss-reactive ketones (excluding diaryl/α,β-unsaturated/α-hetero) is 2. The molecule has 0 bridgehead atoms. The Hall–Kier alpha value is -6.34. The number of aliphatic hydroxyl groups excluding tert-OH is 1. The maximum atomic E-state index is 14.3. The average Bonchev–Trinajstić information content (AvgIpc) is 3.83. The molecule has 1 unspecified atom stereocenters. The Morgan fingerprint density at radius 1 is 0.811 bits per heavy atom. The zero-order valence-corrected chi connectivity index (χ0v) is 29.4. The molecule has 0 saturated heterocycles. The molecule has 262 valence electrons. The van der Waals surface area contributed by atoms with Gasteiger partial charge >= 0.3 is 0 Å². The third kappa shape index (κ3) is 7.65. The van der Waals surface area contributed by atoms with Gasteiger partial charge in [0.15, 0.2) is 11.6 Å². The largest absolute Gasteiger partial charge is 0.380 e. The first-order valence-corrected chi connectivity index (χ1v) is 17.6. The summed E-state index contributed by atoms with van der Waals surface area (Å²) in [5, 5.41) is 19.0. The number of benzene rings is 3. The number of carbonyl (C=O) groups is 3. The first-order chi connectivity index (χ1) is 25.8. The van der Waals surface area contributed by atoms with Crippen molar-refractivity contribution in [2.24, 2.45) is 0 Å². The third-order valence-corrected chi connectivity index (χ3v) is 9.59. The quantitative estimate of drug-likeness (QED) is 0.127. The second kappa shape index (κ2) is 15.5. The molecule has 2 N–H and O–H groups in total. The Bertz CT molecular complexity index is 2500. The summed E-state index contributed by atoms with van der Waals surface area (Å²) in [6, 6.07) is 33.7. The summed E-state index contributed by atoms with van der Waals surface area (Å²) in [5.74, 6) is -1.37. The summed E-state index contributed by atoms with van der Waals surface area (Å²) in [5.41, 5.74) is 2.07. The van der Waals surface area contributed by atoms with Crippen LogP contribution in [-0.4, -0.2) is 46.9 Å². The third-order valence-electron chi connectivity index (χ3n) is 8.36. The van der Waals surface area contributed by atoms with Gasteiger partial charge in [0.25, 0.3) is 11.5 Å². The molecular weight excluding hydrogens is 712 g/mol. The number of hydrogen-bond donors (Lipinski definition) is 2. The van der Waals surface area contributed by atoms with Gasteiger partial charge in [-0.1, -0.05) is 84.4 Å². The Labute approximate surface area is 311 Å². The van der Waals surface area contributed by atoms with E-state index in [2.05, 4.69) is 15.3 Å². The van der Waals surface area contributed by atoms with Crippen molar-refractivity contribution in [1.82, 2.24) is 24.3 Å². The monoisotopic (exact) mass is 740 g/mol. The molecule has 7 aromatic rings. The zero-order valence-electron chi connectivity index (χ0n) is 27.8. The minimum atomic E-state index is -1.52. The lowest BCUT2D eigenvalue weighted by Gasteiger charge is -2.15. The number of aliphatic hydroxyl groups is 1. The molecule has 0 aliphatic carbocycles. The molecule has 0 radical (unpaired) electrons. The maximum absolute atomic E-state index is 14.3. The second-order valence-corrected chi connectivity index (χ2v) is 13.6. The van der Waals surface area contributed by atoms with Gasteiger partial charge in [0.1, 0.15) is 17.6 Å². The van der Waals surface area contributed by atoms with Gasteiger partial charge < -0.3 is 10.4 Å². The highest BCUT2D eigenvalue weighted by Crippen LogP contribution is 2.33. The number of thiophene rings is 1. The van der Waals surface area contributed by atoms with Crippen LogP contribution in [0.25, 0.3) is 22.5 Å². The van der Waals surface area contributed by atoms with Crippen LogP contribution in [0, 0.1) is 0 Å². The predicted molar refractivity (Wildman–Crippen MR) is 202 cm³/mol.